The van der Waals surface area contributed by atoms with E-state index in [0.717, 1.165) is 0 Å². The molecule has 0 fully saturated rings. The molecule has 5 heavy (non-hydrogen) atoms. The first-order valence-electron chi connectivity index (χ1n) is 0.991. The molecule has 0 saturated heterocycles. The van der Waals surface area contributed by atoms with Gasteiger partial charge in [0, 0.05) is 4.99 Å². The summed E-state index contributed by atoms with van der Waals surface area (Å²) >= 11 is 2.97. The Hall–Kier alpha value is 0.237. The molecule has 0 unspecified atom stereocenters. The highest BCUT2D eigenvalue weighted by molar-refractivity contribution is 9.11. The fraction of sp³-hybridized carbons (Fsp3) is 0. The Labute approximate surface area is 42.7 Å². The van der Waals surface area contributed by atoms with E-state index in [9.17, 15) is 0 Å². The van der Waals surface area contributed by atoms with Crippen LogP contribution >= 0.6 is 15.9 Å². The van der Waals surface area contributed by atoms with Crippen molar-refractivity contribution in [3.63, 3.8) is 0 Å². The molecule has 0 atom stereocenters. The van der Waals surface area contributed by atoms with E-state index in [1.165, 1.54) is 6.26 Å². The lowest BCUT2D eigenvalue weighted by Gasteiger charge is -1.74. The van der Waals surface area contributed by atoms with E-state index in [1.807, 2.05) is 0 Å². The third kappa shape index (κ3) is 4.24. The number of halogens is 1. The lowest BCUT2D eigenvalue weighted by Crippen LogP contribution is -1.60. The van der Waals surface area contributed by atoms with Crippen LogP contribution in [0, 0.1) is 0 Å². The van der Waals surface area contributed by atoms with Gasteiger partial charge in [0.2, 0.25) is 0 Å². The second-order valence-corrected chi connectivity index (χ2v) is 1.14. The number of rotatable bonds is 1. The molecule has 0 rings (SSSR count). The highest BCUT2D eigenvalue weighted by atomic mass is 79.9. The fourth-order valence-electron chi connectivity index (χ4n) is 0.0257. The molecule has 0 heterocycles. The van der Waals surface area contributed by atoms with Gasteiger partial charge in [-0.1, -0.05) is 15.9 Å². The molecular formula is C2H2BrOSi. The normalized spacial score (nSPS) is 9.20. The molecule has 0 bridgehead atoms. The quantitative estimate of drug-likeness (QED) is 0.399. The van der Waals surface area contributed by atoms with Crippen LogP contribution in [-0.4, -0.2) is 10.5 Å². The van der Waals surface area contributed by atoms with Crippen molar-refractivity contribution in [2.75, 3.05) is 0 Å². The van der Waals surface area contributed by atoms with Crippen molar-refractivity contribution in [1.29, 1.82) is 0 Å². The molecule has 0 amide bonds. The largest absolute Gasteiger partial charge is 0.545 e. The van der Waals surface area contributed by atoms with E-state index in [4.69, 9.17) is 0 Å². The van der Waals surface area contributed by atoms with Crippen molar-refractivity contribution in [2.24, 2.45) is 0 Å². The maximum Gasteiger partial charge on any atom is 0.340 e. The van der Waals surface area contributed by atoms with Crippen LogP contribution in [0.1, 0.15) is 0 Å². The molecule has 3 heteroatoms. The minimum atomic E-state index is 1.46. The van der Waals surface area contributed by atoms with Crippen LogP contribution in [0.3, 0.4) is 0 Å². The summed E-state index contributed by atoms with van der Waals surface area (Å²) in [5, 5.41) is 0. The second kappa shape index (κ2) is 4.24. The van der Waals surface area contributed by atoms with Crippen LogP contribution in [0.5, 0.6) is 0 Å². The Morgan fingerprint density at radius 2 is 2.40 bits per heavy atom. The standard InChI is InChI=1S/C2H2BrOSi/c3-1-2-4-5/h1-2H. The summed E-state index contributed by atoms with van der Waals surface area (Å²) in [6, 6.07) is 0. The van der Waals surface area contributed by atoms with Gasteiger partial charge in [0.05, 0.1) is 6.26 Å². The first-order valence-corrected chi connectivity index (χ1v) is 2.32. The molecule has 0 aliphatic carbocycles. The van der Waals surface area contributed by atoms with Gasteiger partial charge < -0.3 is 4.43 Å². The summed E-state index contributed by atoms with van der Waals surface area (Å²) < 4.78 is 4.27. The number of hydrogen-bond acceptors (Lipinski definition) is 1. The first-order chi connectivity index (χ1) is 2.41. The molecular weight excluding hydrogens is 148 g/mol. The summed E-state index contributed by atoms with van der Waals surface area (Å²) in [6.07, 6.45) is 1.46. The minimum absolute atomic E-state index is 1.46. The van der Waals surface area contributed by atoms with E-state index >= 15 is 0 Å². The highest BCUT2D eigenvalue weighted by Crippen LogP contribution is 1.78. The molecule has 0 aliphatic heterocycles. The van der Waals surface area contributed by atoms with Crippen molar-refractivity contribution in [3.05, 3.63) is 11.2 Å². The highest BCUT2D eigenvalue weighted by Gasteiger charge is 1.51. The minimum Gasteiger partial charge on any atom is -0.545 e. The van der Waals surface area contributed by atoms with E-state index < -0.39 is 0 Å². The molecule has 0 spiro atoms. The van der Waals surface area contributed by atoms with E-state index in [2.05, 4.69) is 30.8 Å². The van der Waals surface area contributed by atoms with Gasteiger partial charge in [0.25, 0.3) is 0 Å². The molecule has 3 radical (unpaired) electrons. The van der Waals surface area contributed by atoms with Crippen LogP contribution in [-0.2, 0) is 4.43 Å². The van der Waals surface area contributed by atoms with E-state index in [1.54, 1.807) is 4.99 Å². The maximum absolute atomic E-state index is 4.27. The van der Waals surface area contributed by atoms with Crippen molar-refractivity contribution in [3.8, 4) is 0 Å². The van der Waals surface area contributed by atoms with Crippen LogP contribution in [0.4, 0.5) is 0 Å². The molecule has 0 aromatic carbocycles. The van der Waals surface area contributed by atoms with Gasteiger partial charge in [-0.2, -0.15) is 0 Å². The van der Waals surface area contributed by atoms with Crippen molar-refractivity contribution < 1.29 is 4.43 Å². The van der Waals surface area contributed by atoms with E-state index in [-0.39, 0.29) is 0 Å². The SMILES string of the molecule is [Si]OC=CBr. The van der Waals surface area contributed by atoms with Crippen LogP contribution < -0.4 is 0 Å². The molecule has 0 aromatic heterocycles. The second-order valence-electron chi connectivity index (χ2n) is 0.380. The predicted molar refractivity (Wildman–Crippen MR) is 24.9 cm³/mol. The molecule has 0 aliphatic rings. The monoisotopic (exact) mass is 149 g/mol. The Morgan fingerprint density at radius 1 is 1.80 bits per heavy atom. The summed E-state index contributed by atoms with van der Waals surface area (Å²) in [4.78, 5) is 1.60. The summed E-state index contributed by atoms with van der Waals surface area (Å²) in [5.41, 5.74) is 0. The van der Waals surface area contributed by atoms with E-state index in [0.29, 0.717) is 0 Å². The zero-order chi connectivity index (χ0) is 4.12. The van der Waals surface area contributed by atoms with Crippen LogP contribution in [0.15, 0.2) is 11.2 Å². The molecule has 0 N–H and O–H groups in total. The third-order valence-electron chi connectivity index (χ3n) is 0.119. The zero-order valence-corrected chi connectivity index (χ0v) is 5.03. The Bertz CT molecular complexity index is 36.6. The van der Waals surface area contributed by atoms with Crippen molar-refractivity contribution in [2.45, 2.75) is 0 Å². The van der Waals surface area contributed by atoms with Gasteiger partial charge in [-0.25, -0.2) is 0 Å². The summed E-state index contributed by atoms with van der Waals surface area (Å²) in [6.45, 7) is 0. The molecule has 27 valence electrons. The average Bonchev–Trinajstić information content (AvgIpc) is 1.41. The van der Waals surface area contributed by atoms with Crippen molar-refractivity contribution in [1.82, 2.24) is 0 Å². The van der Waals surface area contributed by atoms with Crippen molar-refractivity contribution >= 4 is 26.4 Å². The Kier molecular flexibility index (Phi) is 4.44. The van der Waals surface area contributed by atoms with Gasteiger partial charge in [-0.3, -0.25) is 0 Å². The number of hydrogen-bond donors (Lipinski definition) is 0. The van der Waals surface area contributed by atoms with Gasteiger partial charge in [-0.15, -0.1) is 0 Å². The van der Waals surface area contributed by atoms with Crippen LogP contribution in [0.25, 0.3) is 0 Å². The predicted octanol–water partition coefficient (Wildman–Crippen LogP) is 0.953. The fourth-order valence-corrected chi connectivity index (χ4v) is 0.401. The lowest BCUT2D eigenvalue weighted by atomic mass is 11.2. The van der Waals surface area contributed by atoms with Crippen LogP contribution in [0.2, 0.25) is 0 Å². The smallest absolute Gasteiger partial charge is 0.340 e. The summed E-state index contributed by atoms with van der Waals surface area (Å²) in [5.74, 6) is 0. The van der Waals surface area contributed by atoms with Gasteiger partial charge in [-0.05, 0) is 0 Å². The Morgan fingerprint density at radius 3 is 2.40 bits per heavy atom. The third-order valence-corrected chi connectivity index (χ3v) is 0.471. The molecule has 1 nitrogen and oxygen atoms in total. The zero-order valence-electron chi connectivity index (χ0n) is 2.44. The van der Waals surface area contributed by atoms with Gasteiger partial charge >= 0.3 is 10.5 Å². The Balaban J connectivity index is 2.62. The lowest BCUT2D eigenvalue weighted by molar-refractivity contribution is 0.537. The summed E-state index contributed by atoms with van der Waals surface area (Å²) in [7, 11) is 2.73. The molecule has 0 aromatic rings. The maximum atomic E-state index is 4.27. The van der Waals surface area contributed by atoms with Gasteiger partial charge in [0.15, 0.2) is 0 Å². The topological polar surface area (TPSA) is 9.23 Å². The first kappa shape index (κ1) is 5.24. The molecule has 0 saturated carbocycles. The van der Waals surface area contributed by atoms with Gasteiger partial charge in [0.1, 0.15) is 0 Å². The average molecular weight is 150 g/mol.